The second-order valence-electron chi connectivity index (χ2n) is 5.43. The van der Waals surface area contributed by atoms with Crippen LogP contribution in [0.15, 0.2) is 16.5 Å². The van der Waals surface area contributed by atoms with E-state index in [1.54, 1.807) is 4.90 Å². The van der Waals surface area contributed by atoms with E-state index >= 15 is 0 Å². The molecule has 1 aliphatic heterocycles. The molecule has 2 amide bonds. The summed E-state index contributed by atoms with van der Waals surface area (Å²) in [5.74, 6) is 1.59. The van der Waals surface area contributed by atoms with Crippen LogP contribution in [0.25, 0.3) is 0 Å². The zero-order valence-corrected chi connectivity index (χ0v) is 14.1. The third kappa shape index (κ3) is 3.89. The van der Waals surface area contributed by atoms with Crippen molar-refractivity contribution in [2.24, 2.45) is 0 Å². The van der Waals surface area contributed by atoms with Gasteiger partial charge >= 0.3 is 6.03 Å². The first-order valence-corrected chi connectivity index (χ1v) is 8.53. The van der Waals surface area contributed by atoms with E-state index in [2.05, 4.69) is 22.4 Å². The van der Waals surface area contributed by atoms with Gasteiger partial charge in [-0.05, 0) is 25.5 Å². The number of urea groups is 1. The van der Waals surface area contributed by atoms with Crippen molar-refractivity contribution in [1.82, 2.24) is 15.1 Å². The largest absolute Gasteiger partial charge is 0.464 e. The normalized spacial score (nSPS) is 18.2. The average Bonchev–Trinajstić information content (AvgIpc) is 3.17. The number of nitrogens with one attached hydrogen (secondary N) is 1. The number of carbonyl (C=O) groups is 1. The van der Waals surface area contributed by atoms with Crippen LogP contribution in [0.2, 0.25) is 0 Å². The summed E-state index contributed by atoms with van der Waals surface area (Å²) >= 11 is 1.42. The van der Waals surface area contributed by atoms with Gasteiger partial charge in [-0.2, -0.15) is 0 Å². The molecule has 7 nitrogen and oxygen atoms in total. The molecule has 1 atom stereocenters. The number of amides is 2. The van der Waals surface area contributed by atoms with Crippen molar-refractivity contribution < 1.29 is 13.9 Å². The minimum atomic E-state index is -0.228. The summed E-state index contributed by atoms with van der Waals surface area (Å²) in [7, 11) is 0. The fraction of sp³-hybridized carbons (Fsp3) is 0.533. The van der Waals surface area contributed by atoms with Crippen molar-refractivity contribution in [3.05, 3.63) is 28.7 Å². The van der Waals surface area contributed by atoms with Crippen LogP contribution in [-0.2, 0) is 11.2 Å². The van der Waals surface area contributed by atoms with Gasteiger partial charge in [-0.15, -0.1) is 10.2 Å². The lowest BCUT2D eigenvalue weighted by molar-refractivity contribution is -0.0246. The monoisotopic (exact) mass is 336 g/mol. The van der Waals surface area contributed by atoms with Crippen molar-refractivity contribution in [2.75, 3.05) is 25.0 Å². The topological polar surface area (TPSA) is 80.5 Å². The van der Waals surface area contributed by atoms with Crippen LogP contribution in [0.4, 0.5) is 9.93 Å². The molecule has 8 heteroatoms. The van der Waals surface area contributed by atoms with Crippen molar-refractivity contribution in [3.63, 3.8) is 0 Å². The zero-order valence-electron chi connectivity index (χ0n) is 13.2. The van der Waals surface area contributed by atoms with Crippen molar-refractivity contribution in [3.8, 4) is 0 Å². The first-order valence-electron chi connectivity index (χ1n) is 7.72. The SMILES string of the molecule is CCCc1nnc(NC(=O)N2CCOC(c3ccc(C)o3)C2)s1. The highest BCUT2D eigenvalue weighted by Gasteiger charge is 2.27. The number of rotatable bonds is 4. The third-order valence-electron chi connectivity index (χ3n) is 3.58. The lowest BCUT2D eigenvalue weighted by Crippen LogP contribution is -2.44. The van der Waals surface area contributed by atoms with Gasteiger partial charge in [-0.1, -0.05) is 18.3 Å². The minimum absolute atomic E-state index is 0.180. The number of aromatic nitrogens is 2. The molecule has 0 radical (unpaired) electrons. The highest BCUT2D eigenvalue weighted by Crippen LogP contribution is 2.25. The number of aryl methyl sites for hydroxylation is 2. The van der Waals surface area contributed by atoms with Crippen molar-refractivity contribution >= 4 is 22.5 Å². The maximum absolute atomic E-state index is 12.4. The first-order chi connectivity index (χ1) is 11.2. The third-order valence-corrected chi connectivity index (χ3v) is 4.48. The Morgan fingerprint density at radius 3 is 3.09 bits per heavy atom. The quantitative estimate of drug-likeness (QED) is 0.928. The molecule has 1 fully saturated rings. The maximum atomic E-state index is 12.4. The molecule has 1 N–H and O–H groups in total. The van der Waals surface area contributed by atoms with Crippen LogP contribution in [0.1, 0.15) is 36.0 Å². The lowest BCUT2D eigenvalue weighted by atomic mass is 10.2. The summed E-state index contributed by atoms with van der Waals surface area (Å²) in [6.07, 6.45) is 1.66. The number of hydrogen-bond donors (Lipinski definition) is 1. The zero-order chi connectivity index (χ0) is 16.2. The Morgan fingerprint density at radius 2 is 2.35 bits per heavy atom. The van der Waals surface area contributed by atoms with E-state index in [-0.39, 0.29) is 12.1 Å². The van der Waals surface area contributed by atoms with E-state index < -0.39 is 0 Å². The molecular weight excluding hydrogens is 316 g/mol. The summed E-state index contributed by atoms with van der Waals surface area (Å²) in [6.45, 7) is 5.46. The molecule has 0 saturated carbocycles. The summed E-state index contributed by atoms with van der Waals surface area (Å²) in [4.78, 5) is 14.1. The molecule has 0 bridgehead atoms. The van der Waals surface area contributed by atoms with Gasteiger partial charge in [0, 0.05) is 13.0 Å². The van der Waals surface area contributed by atoms with Crippen LogP contribution in [0, 0.1) is 6.92 Å². The Morgan fingerprint density at radius 1 is 1.48 bits per heavy atom. The number of carbonyl (C=O) groups excluding carboxylic acids is 1. The van der Waals surface area contributed by atoms with Gasteiger partial charge in [-0.25, -0.2) is 4.79 Å². The molecule has 124 valence electrons. The first kappa shape index (κ1) is 15.9. The molecule has 3 heterocycles. The molecule has 0 spiro atoms. The van der Waals surface area contributed by atoms with Gasteiger partial charge in [0.2, 0.25) is 5.13 Å². The van der Waals surface area contributed by atoms with Crippen LogP contribution < -0.4 is 5.32 Å². The van der Waals surface area contributed by atoms with E-state index in [1.165, 1.54) is 11.3 Å². The Kier molecular flexibility index (Phi) is 4.92. The second-order valence-corrected chi connectivity index (χ2v) is 6.50. The number of ether oxygens (including phenoxy) is 1. The smallest absolute Gasteiger partial charge is 0.323 e. The van der Waals surface area contributed by atoms with E-state index in [0.717, 1.165) is 29.4 Å². The van der Waals surface area contributed by atoms with Gasteiger partial charge in [0.05, 0.1) is 13.2 Å². The highest BCUT2D eigenvalue weighted by atomic mass is 32.1. The number of hydrogen-bond acceptors (Lipinski definition) is 6. The second kappa shape index (κ2) is 7.10. The summed E-state index contributed by atoms with van der Waals surface area (Å²) in [5.41, 5.74) is 0. The summed E-state index contributed by atoms with van der Waals surface area (Å²) in [5, 5.41) is 12.4. The predicted molar refractivity (Wildman–Crippen MR) is 86.6 cm³/mol. The Balaban J connectivity index is 1.60. The molecule has 0 aliphatic carbocycles. The van der Waals surface area contributed by atoms with Crippen LogP contribution in [-0.4, -0.2) is 40.8 Å². The van der Waals surface area contributed by atoms with Gasteiger partial charge in [0.15, 0.2) is 0 Å². The Hall–Kier alpha value is -1.93. The summed E-state index contributed by atoms with van der Waals surface area (Å²) < 4.78 is 11.3. The number of morpholine rings is 1. The fourth-order valence-electron chi connectivity index (χ4n) is 2.42. The molecule has 23 heavy (non-hydrogen) atoms. The molecule has 1 aliphatic rings. The molecule has 1 saturated heterocycles. The van der Waals surface area contributed by atoms with Crippen LogP contribution >= 0.6 is 11.3 Å². The van der Waals surface area contributed by atoms with Crippen LogP contribution in [0.5, 0.6) is 0 Å². The molecule has 2 aromatic heterocycles. The van der Waals surface area contributed by atoms with E-state index in [0.29, 0.717) is 24.8 Å². The van der Waals surface area contributed by atoms with E-state index in [1.807, 2.05) is 19.1 Å². The Bertz CT molecular complexity index is 669. The number of furan rings is 1. The maximum Gasteiger partial charge on any atom is 0.323 e. The van der Waals surface area contributed by atoms with Gasteiger partial charge in [0.1, 0.15) is 22.6 Å². The standard InChI is InChI=1S/C15H20N4O3S/c1-3-4-13-17-18-14(23-13)16-15(20)19-7-8-21-12(9-19)11-6-5-10(2)22-11/h5-6,12H,3-4,7-9H2,1-2H3,(H,16,18,20). The molecule has 1 unspecified atom stereocenters. The van der Waals surface area contributed by atoms with Gasteiger partial charge in [-0.3, -0.25) is 5.32 Å². The molecular formula is C15H20N4O3S. The lowest BCUT2D eigenvalue weighted by Gasteiger charge is -2.31. The predicted octanol–water partition coefficient (Wildman–Crippen LogP) is 3.00. The minimum Gasteiger partial charge on any atom is -0.464 e. The molecule has 3 rings (SSSR count). The Labute approximate surface area is 138 Å². The van der Waals surface area contributed by atoms with Crippen molar-refractivity contribution in [2.45, 2.75) is 32.8 Å². The average molecular weight is 336 g/mol. The fourth-order valence-corrected chi connectivity index (χ4v) is 3.25. The van der Waals surface area contributed by atoms with Crippen molar-refractivity contribution in [1.29, 1.82) is 0 Å². The molecule has 0 aromatic carbocycles. The highest BCUT2D eigenvalue weighted by molar-refractivity contribution is 7.15. The summed E-state index contributed by atoms with van der Waals surface area (Å²) in [6, 6.07) is 3.61. The number of nitrogens with zero attached hydrogens (tertiary/aromatic N) is 3. The van der Waals surface area contributed by atoms with Gasteiger partial charge in [0.25, 0.3) is 0 Å². The number of anilines is 1. The van der Waals surface area contributed by atoms with Crippen LogP contribution in [0.3, 0.4) is 0 Å². The molecule has 2 aromatic rings. The van der Waals surface area contributed by atoms with E-state index in [4.69, 9.17) is 9.15 Å². The van der Waals surface area contributed by atoms with E-state index in [9.17, 15) is 4.79 Å². The van der Waals surface area contributed by atoms with Gasteiger partial charge < -0.3 is 14.1 Å².